The lowest BCUT2D eigenvalue weighted by Crippen LogP contribution is -2.62. The van der Waals surface area contributed by atoms with Crippen LogP contribution in [-0.2, 0) is 43.2 Å². The minimum Gasteiger partial charge on any atom is -0.480 e. The number of thiol groups is 2. The fourth-order valence-electron chi connectivity index (χ4n) is 6.36. The first kappa shape index (κ1) is 56.7. The van der Waals surface area contributed by atoms with E-state index in [2.05, 4.69) is 62.5 Å². The lowest BCUT2D eigenvalue weighted by molar-refractivity contribution is -0.144. The summed E-state index contributed by atoms with van der Waals surface area (Å²) in [6.45, 7) is 6.24. The van der Waals surface area contributed by atoms with Gasteiger partial charge in [0.25, 0.3) is 0 Å². The maximum Gasteiger partial charge on any atom is 0.327 e. The number of carboxylic acid groups (broad SMARTS) is 1. The van der Waals surface area contributed by atoms with Crippen LogP contribution < -0.4 is 48.7 Å². The third-order valence-corrected chi connectivity index (χ3v) is 11.2. The number of nitrogens with two attached hydrogens (primary N) is 2. The van der Waals surface area contributed by atoms with Crippen LogP contribution in [0.5, 0.6) is 0 Å². The summed E-state index contributed by atoms with van der Waals surface area (Å²) in [5, 5.41) is 56.9. The number of aliphatic hydroxyl groups is 3. The van der Waals surface area contributed by atoms with E-state index in [1.165, 1.54) is 6.92 Å². The van der Waals surface area contributed by atoms with Crippen molar-refractivity contribution in [1.29, 1.82) is 0 Å². The number of carboxylic acids is 1. The summed E-state index contributed by atoms with van der Waals surface area (Å²) in [4.78, 5) is 119. The van der Waals surface area contributed by atoms with Gasteiger partial charge in [0.15, 0.2) is 0 Å². The smallest absolute Gasteiger partial charge is 0.327 e. The molecule has 1 fully saturated rings. The van der Waals surface area contributed by atoms with Crippen molar-refractivity contribution in [2.75, 3.05) is 37.8 Å². The molecule has 0 unspecified atom stereocenters. The predicted octanol–water partition coefficient (Wildman–Crippen LogP) is -5.16. The van der Waals surface area contributed by atoms with Gasteiger partial charge in [-0.15, -0.1) is 0 Å². The van der Waals surface area contributed by atoms with E-state index in [-0.39, 0.29) is 37.4 Å². The Bertz CT molecular complexity index is 1580. The Hall–Kier alpha value is -4.27. The van der Waals surface area contributed by atoms with Gasteiger partial charge in [-0.3, -0.25) is 38.4 Å². The zero-order valence-electron chi connectivity index (χ0n) is 36.4. The number of unbranched alkanes of at least 4 members (excludes halogenated alkanes) is 1. The SMILES string of the molecule is CC[C@H](C)[C@H](NC(=O)[C@H](CCCCN)NC(=O)[C@H](CO)NC(=O)[C@@H]1CCCN1C(=O)[C@@H](NC(=O)[C@@H](N)CS)[C@@H](C)O)C(=O)N[C@@H](CO)C(=O)N[C@H](C(=O)N[C@@H](CS)C(=O)O)C(C)C. The van der Waals surface area contributed by atoms with Crippen molar-refractivity contribution >= 4 is 78.5 Å². The fraction of sp³-hybridized carbons (Fsp3) is 0.763. The lowest BCUT2D eigenvalue weighted by Gasteiger charge is -2.31. The van der Waals surface area contributed by atoms with Crippen molar-refractivity contribution in [2.45, 2.75) is 134 Å². The number of nitrogens with zero attached hydrogens (tertiary/aromatic N) is 1. The molecule has 1 saturated heterocycles. The molecule has 25 heteroatoms. The van der Waals surface area contributed by atoms with Crippen LogP contribution in [0.3, 0.4) is 0 Å². The van der Waals surface area contributed by atoms with Crippen LogP contribution in [0, 0.1) is 11.8 Å². The summed E-state index contributed by atoms with van der Waals surface area (Å²) in [5.74, 6) is -9.68. The lowest BCUT2D eigenvalue weighted by atomic mass is 9.97. The van der Waals surface area contributed by atoms with Gasteiger partial charge in [0, 0.05) is 18.1 Å². The average Bonchev–Trinajstić information content (AvgIpc) is 3.75. The highest BCUT2D eigenvalue weighted by Crippen LogP contribution is 2.20. The quantitative estimate of drug-likeness (QED) is 0.0258. The normalized spacial score (nSPS) is 18.5. The Morgan fingerprint density at radius 2 is 1.19 bits per heavy atom. The number of aliphatic hydroxyl groups excluding tert-OH is 3. The molecule has 11 atom stereocenters. The summed E-state index contributed by atoms with van der Waals surface area (Å²) in [6.07, 6.45) is 0.214. The van der Waals surface area contributed by atoms with Gasteiger partial charge in [-0.25, -0.2) is 4.79 Å². The molecular formula is C38H68N10O13S2. The molecule has 8 amide bonds. The van der Waals surface area contributed by atoms with Crippen LogP contribution in [-0.4, -0.2) is 177 Å². The van der Waals surface area contributed by atoms with Crippen molar-refractivity contribution in [3.05, 3.63) is 0 Å². The monoisotopic (exact) mass is 936 g/mol. The average molecular weight is 937 g/mol. The van der Waals surface area contributed by atoms with Crippen molar-refractivity contribution in [1.82, 2.24) is 42.1 Å². The summed E-state index contributed by atoms with van der Waals surface area (Å²) in [5.41, 5.74) is 11.4. The number of nitrogens with one attached hydrogen (secondary N) is 7. The summed E-state index contributed by atoms with van der Waals surface area (Å²) >= 11 is 7.89. The van der Waals surface area contributed by atoms with Crippen molar-refractivity contribution in [3.8, 4) is 0 Å². The Morgan fingerprint density at radius 1 is 0.683 bits per heavy atom. The van der Waals surface area contributed by atoms with Gasteiger partial charge >= 0.3 is 5.97 Å². The molecule has 0 spiro atoms. The molecule has 0 aromatic carbocycles. The minimum atomic E-state index is -1.62. The van der Waals surface area contributed by atoms with E-state index in [9.17, 15) is 63.6 Å². The first-order valence-electron chi connectivity index (χ1n) is 20.9. The van der Waals surface area contributed by atoms with E-state index in [0.29, 0.717) is 25.7 Å². The van der Waals surface area contributed by atoms with Crippen molar-refractivity contribution < 1.29 is 63.6 Å². The molecule has 0 bridgehead atoms. The van der Waals surface area contributed by atoms with E-state index in [1.54, 1.807) is 27.7 Å². The van der Waals surface area contributed by atoms with E-state index in [4.69, 9.17) is 11.5 Å². The predicted molar refractivity (Wildman–Crippen MR) is 235 cm³/mol. The highest BCUT2D eigenvalue weighted by molar-refractivity contribution is 7.80. The molecule has 0 radical (unpaired) electrons. The first-order chi connectivity index (χ1) is 29.6. The Kier molecular flexibility index (Phi) is 25.7. The minimum absolute atomic E-state index is 0.000225. The topological polar surface area (TPSA) is 374 Å². The van der Waals surface area contributed by atoms with E-state index in [0.717, 1.165) is 4.90 Å². The van der Waals surface area contributed by atoms with Crippen LogP contribution in [0.15, 0.2) is 0 Å². The van der Waals surface area contributed by atoms with Gasteiger partial charge in [-0.2, -0.15) is 25.3 Å². The molecule has 0 aliphatic carbocycles. The Morgan fingerprint density at radius 3 is 1.70 bits per heavy atom. The van der Waals surface area contributed by atoms with Crippen LogP contribution in [0.1, 0.15) is 73.1 Å². The molecule has 0 aromatic rings. The first-order valence-corrected chi connectivity index (χ1v) is 22.1. The number of aliphatic carboxylic acids is 1. The van der Waals surface area contributed by atoms with Gasteiger partial charge in [0.1, 0.15) is 48.3 Å². The highest BCUT2D eigenvalue weighted by Gasteiger charge is 2.41. The molecule has 63 heavy (non-hydrogen) atoms. The van der Waals surface area contributed by atoms with Gasteiger partial charge in [-0.05, 0) is 57.4 Å². The number of amides is 8. The summed E-state index contributed by atoms with van der Waals surface area (Å²) in [7, 11) is 0. The molecule has 0 aromatic heterocycles. The molecule has 360 valence electrons. The molecule has 1 aliphatic heterocycles. The molecule has 1 aliphatic rings. The second-order valence-electron chi connectivity index (χ2n) is 15.7. The number of rotatable bonds is 28. The molecule has 1 rings (SSSR count). The van der Waals surface area contributed by atoms with Gasteiger partial charge in [0.05, 0.1) is 25.4 Å². The third-order valence-electron chi connectivity index (χ3n) is 10.5. The van der Waals surface area contributed by atoms with Crippen molar-refractivity contribution in [3.63, 3.8) is 0 Å². The van der Waals surface area contributed by atoms with E-state index >= 15 is 0 Å². The maximum atomic E-state index is 13.9. The van der Waals surface area contributed by atoms with Gasteiger partial charge < -0.3 is 74.0 Å². The largest absolute Gasteiger partial charge is 0.480 e. The standard InChI is InChI=1S/C38H68N10O13S2/c1-6-19(4)28(36(58)43-24(15-50)33(55)45-27(18(2)3)35(57)44-25(17-63)38(60)61)46-31(53)22(10-7-8-12-39)41-32(54)23(14-49)42-34(56)26-11-9-13-48(26)37(59)29(20(5)51)47-30(52)21(40)16-62/h18-29,49-51,62-63H,6-17,39-40H2,1-5H3,(H,41,54)(H,42,56)(H,43,58)(H,44,57)(H,45,55)(H,46,53)(H,47,52)(H,60,61)/t19-,20+,21-,22-,23-,24-,25-,26-,27-,28-,29-/m0/s1. The molecule has 0 saturated carbocycles. The summed E-state index contributed by atoms with van der Waals surface area (Å²) in [6, 6.07) is -12.2. The van der Waals surface area contributed by atoms with Crippen LogP contribution >= 0.6 is 25.3 Å². The number of carbonyl (C=O) groups is 9. The summed E-state index contributed by atoms with van der Waals surface area (Å²) < 4.78 is 0. The zero-order chi connectivity index (χ0) is 48.1. The third kappa shape index (κ3) is 17.7. The second-order valence-corrected chi connectivity index (χ2v) is 16.5. The maximum absolute atomic E-state index is 13.9. The Balaban J connectivity index is 3.22. The molecular weight excluding hydrogens is 869 g/mol. The van der Waals surface area contributed by atoms with Crippen LogP contribution in [0.4, 0.5) is 0 Å². The highest BCUT2D eigenvalue weighted by atomic mass is 32.1. The van der Waals surface area contributed by atoms with E-state index < -0.39 is 139 Å². The second kappa shape index (κ2) is 28.5. The van der Waals surface area contributed by atoms with Gasteiger partial charge in [-0.1, -0.05) is 34.1 Å². The number of hydrogen-bond acceptors (Lipinski definition) is 16. The van der Waals surface area contributed by atoms with Crippen molar-refractivity contribution in [2.24, 2.45) is 23.3 Å². The fourth-order valence-corrected chi connectivity index (χ4v) is 6.77. The van der Waals surface area contributed by atoms with Gasteiger partial charge in [0.2, 0.25) is 47.3 Å². The number of carbonyl (C=O) groups excluding carboxylic acids is 8. The molecule has 1 heterocycles. The zero-order valence-corrected chi connectivity index (χ0v) is 38.2. The van der Waals surface area contributed by atoms with Crippen LogP contribution in [0.2, 0.25) is 0 Å². The van der Waals surface area contributed by atoms with Crippen LogP contribution in [0.25, 0.3) is 0 Å². The number of hydrogen-bond donors (Lipinski definition) is 15. The number of likely N-dealkylation sites (tertiary alicyclic amines) is 1. The molecule has 23 nitrogen and oxygen atoms in total. The Labute approximate surface area is 377 Å². The van der Waals surface area contributed by atoms with E-state index in [1.807, 2.05) is 0 Å². The molecule has 15 N–H and O–H groups in total.